The Balaban J connectivity index is 1.24. The van der Waals surface area contributed by atoms with Crippen molar-refractivity contribution in [2.75, 3.05) is 4.90 Å². The van der Waals surface area contributed by atoms with Gasteiger partial charge in [-0.25, -0.2) is 0 Å². The third-order valence-corrected chi connectivity index (χ3v) is 12.8. The third-order valence-electron chi connectivity index (χ3n) is 12.8. The van der Waals surface area contributed by atoms with E-state index in [1.54, 1.807) is 0 Å². The number of aromatic nitrogens is 1. The highest BCUT2D eigenvalue weighted by Crippen LogP contribution is 2.58. The second-order valence-electron chi connectivity index (χ2n) is 17.3. The van der Waals surface area contributed by atoms with Crippen LogP contribution < -0.4 is 4.90 Å². The van der Waals surface area contributed by atoms with Gasteiger partial charge in [-0.05, 0) is 119 Å². The standard InChI is InChI=1S/C58H46N2/c1-39-19-18-29-51-55(39)49-37-44(33-35-50(49)58(51,42-23-10-6-11-24-42)43-25-12-7-13-26-43)59(53-36-31-40-20-14-15-27-46(40)56(53)41-21-8-5-9-22-41)45-32-34-48-47-28-16-17-30-52(47)60(54(48)38-45)57(2,3)4/h5-38H,1-4H3. The van der Waals surface area contributed by atoms with E-state index >= 15 is 0 Å². The van der Waals surface area contributed by atoms with Gasteiger partial charge in [0.25, 0.3) is 0 Å². The molecule has 0 spiro atoms. The summed E-state index contributed by atoms with van der Waals surface area (Å²) in [5, 5.41) is 4.99. The number of anilines is 3. The highest BCUT2D eigenvalue weighted by atomic mass is 15.1. The fourth-order valence-electron chi connectivity index (χ4n) is 10.5. The van der Waals surface area contributed by atoms with E-state index in [2.05, 4.69) is 243 Å². The van der Waals surface area contributed by atoms with Crippen LogP contribution in [0.25, 0.3) is 54.8 Å². The molecule has 1 aromatic heterocycles. The zero-order valence-electron chi connectivity index (χ0n) is 34.5. The summed E-state index contributed by atoms with van der Waals surface area (Å²) in [6.45, 7) is 9.21. The van der Waals surface area contributed by atoms with Crippen molar-refractivity contribution in [3.8, 4) is 22.3 Å². The zero-order valence-corrected chi connectivity index (χ0v) is 34.5. The summed E-state index contributed by atoms with van der Waals surface area (Å²) in [4.78, 5) is 2.52. The quantitative estimate of drug-likeness (QED) is 0.163. The van der Waals surface area contributed by atoms with E-state index in [9.17, 15) is 0 Å². The summed E-state index contributed by atoms with van der Waals surface area (Å²) in [6.07, 6.45) is 0. The van der Waals surface area contributed by atoms with Gasteiger partial charge < -0.3 is 9.47 Å². The fraction of sp³-hybridized carbons (Fsp3) is 0.103. The molecule has 9 aromatic carbocycles. The van der Waals surface area contributed by atoms with Gasteiger partial charge in [-0.1, -0.05) is 170 Å². The molecule has 1 aliphatic carbocycles. The molecule has 0 N–H and O–H groups in total. The molecule has 1 aliphatic rings. The molecule has 0 amide bonds. The molecule has 60 heavy (non-hydrogen) atoms. The first-order chi connectivity index (χ1) is 29.3. The van der Waals surface area contributed by atoms with Gasteiger partial charge in [-0.2, -0.15) is 0 Å². The van der Waals surface area contributed by atoms with Crippen LogP contribution in [-0.4, -0.2) is 4.57 Å². The average molecular weight is 771 g/mol. The van der Waals surface area contributed by atoms with E-state index in [4.69, 9.17) is 0 Å². The van der Waals surface area contributed by atoms with E-state index in [1.165, 1.54) is 82.6 Å². The lowest BCUT2D eigenvalue weighted by molar-refractivity contribution is 0.423. The fourth-order valence-corrected chi connectivity index (χ4v) is 10.5. The van der Waals surface area contributed by atoms with Crippen molar-refractivity contribution in [2.24, 2.45) is 0 Å². The lowest BCUT2D eigenvalue weighted by Crippen LogP contribution is -2.28. The van der Waals surface area contributed by atoms with Crippen LogP contribution in [0.2, 0.25) is 0 Å². The molecule has 11 rings (SSSR count). The molecule has 1 heterocycles. The molecule has 288 valence electrons. The lowest BCUT2D eigenvalue weighted by atomic mass is 9.67. The number of hydrogen-bond donors (Lipinski definition) is 0. The summed E-state index contributed by atoms with van der Waals surface area (Å²) in [6, 6.07) is 76.6. The van der Waals surface area contributed by atoms with Crippen LogP contribution in [0.15, 0.2) is 206 Å². The van der Waals surface area contributed by atoms with Crippen LogP contribution >= 0.6 is 0 Å². The minimum atomic E-state index is -0.479. The molecule has 0 aliphatic heterocycles. The predicted molar refractivity (Wildman–Crippen MR) is 254 cm³/mol. The highest BCUT2D eigenvalue weighted by Gasteiger charge is 2.46. The van der Waals surface area contributed by atoms with Gasteiger partial charge >= 0.3 is 0 Å². The van der Waals surface area contributed by atoms with E-state index in [-0.39, 0.29) is 5.54 Å². The van der Waals surface area contributed by atoms with Gasteiger partial charge in [-0.15, -0.1) is 0 Å². The van der Waals surface area contributed by atoms with E-state index in [1.807, 2.05) is 0 Å². The summed E-state index contributed by atoms with van der Waals surface area (Å²) >= 11 is 0. The van der Waals surface area contributed by atoms with Gasteiger partial charge in [0.1, 0.15) is 0 Å². The predicted octanol–water partition coefficient (Wildman–Crippen LogP) is 15.5. The van der Waals surface area contributed by atoms with E-state index in [0.717, 1.165) is 17.1 Å². The van der Waals surface area contributed by atoms with Gasteiger partial charge in [0.2, 0.25) is 0 Å². The van der Waals surface area contributed by atoms with Crippen LogP contribution in [0.3, 0.4) is 0 Å². The molecule has 2 heteroatoms. The maximum atomic E-state index is 2.52. The Morgan fingerprint density at radius 3 is 1.77 bits per heavy atom. The maximum absolute atomic E-state index is 2.52. The monoisotopic (exact) mass is 770 g/mol. The second-order valence-corrected chi connectivity index (χ2v) is 17.3. The van der Waals surface area contributed by atoms with Crippen LogP contribution in [0, 0.1) is 6.92 Å². The summed E-state index contributed by atoms with van der Waals surface area (Å²) in [5.41, 5.74) is 16.7. The number of para-hydroxylation sites is 1. The lowest BCUT2D eigenvalue weighted by Gasteiger charge is -2.34. The summed E-state index contributed by atoms with van der Waals surface area (Å²) in [7, 11) is 0. The van der Waals surface area contributed by atoms with Crippen molar-refractivity contribution in [3.05, 3.63) is 234 Å². The Morgan fingerprint density at radius 1 is 0.450 bits per heavy atom. The number of hydrogen-bond acceptors (Lipinski definition) is 1. The third kappa shape index (κ3) is 5.34. The number of benzene rings is 9. The topological polar surface area (TPSA) is 8.17 Å². The molecule has 0 saturated carbocycles. The smallest absolute Gasteiger partial charge is 0.0713 e. The van der Waals surface area contributed by atoms with E-state index in [0.29, 0.717) is 0 Å². The first-order valence-corrected chi connectivity index (χ1v) is 21.1. The molecule has 0 saturated heterocycles. The maximum Gasteiger partial charge on any atom is 0.0713 e. The largest absolute Gasteiger partial charge is 0.335 e. The number of fused-ring (bicyclic) bond motifs is 7. The Morgan fingerprint density at radius 2 is 1.05 bits per heavy atom. The van der Waals surface area contributed by atoms with Crippen LogP contribution in [0.5, 0.6) is 0 Å². The molecular formula is C58H46N2. The first kappa shape index (κ1) is 36.0. The van der Waals surface area contributed by atoms with Crippen LogP contribution in [0.4, 0.5) is 17.1 Å². The molecule has 0 bridgehead atoms. The molecular weight excluding hydrogens is 725 g/mol. The van der Waals surface area contributed by atoms with Crippen molar-refractivity contribution in [3.63, 3.8) is 0 Å². The van der Waals surface area contributed by atoms with E-state index < -0.39 is 5.41 Å². The van der Waals surface area contributed by atoms with Crippen LogP contribution in [-0.2, 0) is 11.0 Å². The molecule has 0 fully saturated rings. The van der Waals surface area contributed by atoms with Gasteiger partial charge in [-0.3, -0.25) is 0 Å². The molecule has 0 unspecified atom stereocenters. The van der Waals surface area contributed by atoms with Crippen molar-refractivity contribution >= 4 is 49.6 Å². The average Bonchev–Trinajstić information content (AvgIpc) is 3.78. The molecule has 0 radical (unpaired) electrons. The van der Waals surface area contributed by atoms with Crippen LogP contribution in [0.1, 0.15) is 48.6 Å². The first-order valence-electron chi connectivity index (χ1n) is 21.1. The van der Waals surface area contributed by atoms with Gasteiger partial charge in [0, 0.05) is 38.8 Å². The zero-order chi connectivity index (χ0) is 40.6. The molecule has 2 nitrogen and oxygen atoms in total. The molecule has 0 atom stereocenters. The Hall–Kier alpha value is -7.16. The van der Waals surface area contributed by atoms with Crippen molar-refractivity contribution in [1.29, 1.82) is 0 Å². The summed E-state index contributed by atoms with van der Waals surface area (Å²) in [5.74, 6) is 0. The van der Waals surface area contributed by atoms with Crippen molar-refractivity contribution in [2.45, 2.75) is 38.6 Å². The minimum absolute atomic E-state index is 0.143. The number of aryl methyl sites for hydroxylation is 1. The Bertz CT molecular complexity index is 3200. The highest BCUT2D eigenvalue weighted by molar-refractivity contribution is 6.11. The van der Waals surface area contributed by atoms with Gasteiger partial charge in [0.05, 0.1) is 16.6 Å². The second kappa shape index (κ2) is 13.7. The number of rotatable bonds is 6. The van der Waals surface area contributed by atoms with Crippen molar-refractivity contribution in [1.82, 2.24) is 4.57 Å². The SMILES string of the molecule is Cc1cccc2c1-c1cc(N(c3ccc4c5ccccc5n(C(C)(C)C)c4c3)c3ccc4ccccc4c3-c3ccccc3)ccc1C2(c1ccccc1)c1ccccc1. The number of nitrogens with zero attached hydrogens (tertiary/aromatic N) is 2. The minimum Gasteiger partial charge on any atom is -0.335 e. The Kier molecular flexibility index (Phi) is 8.22. The Labute approximate surface area is 352 Å². The van der Waals surface area contributed by atoms with Crippen molar-refractivity contribution < 1.29 is 0 Å². The summed E-state index contributed by atoms with van der Waals surface area (Å²) < 4.78 is 2.52. The molecule has 10 aromatic rings. The van der Waals surface area contributed by atoms with Gasteiger partial charge in [0.15, 0.2) is 0 Å². The normalized spacial score (nSPS) is 13.1.